The molecule has 1 saturated carbocycles. The largest absolute Gasteiger partial charge is 0.393 e. The first-order chi connectivity index (χ1) is 8.61. The van der Waals surface area contributed by atoms with Gasteiger partial charge in [0.05, 0.1) is 6.10 Å². The van der Waals surface area contributed by atoms with Gasteiger partial charge < -0.3 is 15.7 Å². The van der Waals surface area contributed by atoms with E-state index in [2.05, 4.69) is 17.6 Å². The number of thioether (sulfide) groups is 1. The van der Waals surface area contributed by atoms with Crippen LogP contribution in [-0.4, -0.2) is 40.8 Å². The summed E-state index contributed by atoms with van der Waals surface area (Å²) in [5.41, 5.74) is 0. The van der Waals surface area contributed by atoms with Gasteiger partial charge in [-0.25, -0.2) is 4.79 Å². The fourth-order valence-electron chi connectivity index (χ4n) is 2.15. The van der Waals surface area contributed by atoms with Crippen molar-refractivity contribution in [2.24, 2.45) is 0 Å². The molecule has 0 spiro atoms. The fraction of sp³-hybridized carbons (Fsp3) is 0.923. The lowest BCUT2D eigenvalue weighted by molar-refractivity contribution is 0.117. The molecule has 106 valence electrons. The first-order valence-electron chi connectivity index (χ1n) is 6.94. The number of aliphatic hydroxyl groups is 1. The smallest absolute Gasteiger partial charge is 0.315 e. The highest BCUT2D eigenvalue weighted by molar-refractivity contribution is 7.99. The molecular weight excluding hydrogens is 248 g/mol. The summed E-state index contributed by atoms with van der Waals surface area (Å²) in [5, 5.41) is 15.4. The minimum absolute atomic E-state index is 0.0645. The fourth-order valence-corrected chi connectivity index (χ4v) is 2.96. The Morgan fingerprint density at radius 3 is 2.67 bits per heavy atom. The van der Waals surface area contributed by atoms with Gasteiger partial charge in [-0.1, -0.05) is 6.92 Å². The van der Waals surface area contributed by atoms with E-state index in [-0.39, 0.29) is 24.2 Å². The summed E-state index contributed by atoms with van der Waals surface area (Å²) in [5.74, 6) is 2.22. The SMILES string of the molecule is CCSCCC(C)NC(=O)NC1CCC(O)CC1. The van der Waals surface area contributed by atoms with Crippen molar-refractivity contribution in [1.82, 2.24) is 10.6 Å². The zero-order chi connectivity index (χ0) is 13.4. The van der Waals surface area contributed by atoms with E-state index in [0.717, 1.165) is 43.6 Å². The van der Waals surface area contributed by atoms with Crippen molar-refractivity contribution in [3.8, 4) is 0 Å². The van der Waals surface area contributed by atoms with Crippen molar-refractivity contribution >= 4 is 17.8 Å². The first-order valence-corrected chi connectivity index (χ1v) is 8.10. The highest BCUT2D eigenvalue weighted by Crippen LogP contribution is 2.18. The molecule has 0 bridgehead atoms. The lowest BCUT2D eigenvalue weighted by atomic mass is 9.93. The van der Waals surface area contributed by atoms with Crippen molar-refractivity contribution < 1.29 is 9.90 Å². The van der Waals surface area contributed by atoms with Gasteiger partial charge in [0.1, 0.15) is 0 Å². The minimum Gasteiger partial charge on any atom is -0.393 e. The van der Waals surface area contributed by atoms with E-state index in [9.17, 15) is 9.90 Å². The molecule has 0 aliphatic heterocycles. The lowest BCUT2D eigenvalue weighted by Crippen LogP contribution is -2.47. The van der Waals surface area contributed by atoms with Gasteiger partial charge in [-0.05, 0) is 50.5 Å². The molecule has 1 rings (SSSR count). The third kappa shape index (κ3) is 6.50. The van der Waals surface area contributed by atoms with Gasteiger partial charge in [-0.15, -0.1) is 0 Å². The van der Waals surface area contributed by atoms with Gasteiger partial charge in [0.25, 0.3) is 0 Å². The van der Waals surface area contributed by atoms with Crippen LogP contribution in [0, 0.1) is 0 Å². The monoisotopic (exact) mass is 274 g/mol. The van der Waals surface area contributed by atoms with Crippen LogP contribution in [0.4, 0.5) is 4.79 Å². The van der Waals surface area contributed by atoms with Crippen LogP contribution in [0.5, 0.6) is 0 Å². The predicted octanol–water partition coefficient (Wildman–Crippen LogP) is 2.12. The van der Waals surface area contributed by atoms with Crippen LogP contribution in [-0.2, 0) is 0 Å². The van der Waals surface area contributed by atoms with Crippen molar-refractivity contribution in [2.45, 2.75) is 64.1 Å². The maximum absolute atomic E-state index is 11.7. The molecule has 0 aromatic rings. The molecule has 1 unspecified atom stereocenters. The van der Waals surface area contributed by atoms with Crippen molar-refractivity contribution in [2.75, 3.05) is 11.5 Å². The highest BCUT2D eigenvalue weighted by atomic mass is 32.2. The maximum atomic E-state index is 11.7. The Hall–Kier alpha value is -0.420. The molecule has 1 fully saturated rings. The molecule has 1 aliphatic carbocycles. The second-order valence-corrected chi connectivity index (χ2v) is 6.40. The van der Waals surface area contributed by atoms with Gasteiger partial charge in [0.15, 0.2) is 0 Å². The molecule has 3 N–H and O–H groups in total. The minimum atomic E-state index is -0.170. The zero-order valence-electron chi connectivity index (χ0n) is 11.4. The van der Waals surface area contributed by atoms with E-state index in [1.54, 1.807) is 0 Å². The number of amides is 2. The summed E-state index contributed by atoms with van der Waals surface area (Å²) in [6.45, 7) is 4.19. The van der Waals surface area contributed by atoms with Gasteiger partial charge in [-0.2, -0.15) is 11.8 Å². The molecule has 0 aromatic heterocycles. The Bertz CT molecular complexity index is 243. The van der Waals surface area contributed by atoms with E-state index in [1.807, 2.05) is 18.7 Å². The molecule has 1 atom stereocenters. The van der Waals surface area contributed by atoms with E-state index >= 15 is 0 Å². The normalized spacial score (nSPS) is 25.5. The predicted molar refractivity (Wildman–Crippen MR) is 77.0 cm³/mol. The van der Waals surface area contributed by atoms with E-state index in [4.69, 9.17) is 0 Å². The topological polar surface area (TPSA) is 61.4 Å². The molecule has 2 amide bonds. The number of hydrogen-bond acceptors (Lipinski definition) is 3. The summed E-state index contributed by atoms with van der Waals surface area (Å²) in [6.07, 6.45) is 4.20. The Morgan fingerprint density at radius 1 is 1.39 bits per heavy atom. The second kappa shape index (κ2) is 8.64. The van der Waals surface area contributed by atoms with Crippen LogP contribution in [0.1, 0.15) is 46.0 Å². The quantitative estimate of drug-likeness (QED) is 0.650. The zero-order valence-corrected chi connectivity index (χ0v) is 12.3. The van der Waals surface area contributed by atoms with Crippen LogP contribution in [0.15, 0.2) is 0 Å². The average Bonchev–Trinajstić information content (AvgIpc) is 2.32. The molecule has 0 heterocycles. The van der Waals surface area contributed by atoms with Gasteiger partial charge in [-0.3, -0.25) is 0 Å². The van der Waals surface area contributed by atoms with Gasteiger partial charge in [0.2, 0.25) is 0 Å². The standard InChI is InChI=1S/C13H26N2O2S/c1-3-18-9-8-10(2)14-13(17)15-11-4-6-12(16)7-5-11/h10-12,16H,3-9H2,1-2H3,(H2,14,15,17). The lowest BCUT2D eigenvalue weighted by Gasteiger charge is -2.27. The Morgan fingerprint density at radius 2 is 2.06 bits per heavy atom. The van der Waals surface area contributed by atoms with Crippen molar-refractivity contribution in [3.63, 3.8) is 0 Å². The molecule has 0 aromatic carbocycles. The number of hydrogen-bond donors (Lipinski definition) is 3. The molecule has 1 aliphatic rings. The molecule has 18 heavy (non-hydrogen) atoms. The molecule has 4 nitrogen and oxygen atoms in total. The Kier molecular flexibility index (Phi) is 7.51. The number of aliphatic hydroxyl groups excluding tert-OH is 1. The second-order valence-electron chi connectivity index (χ2n) is 5.01. The number of carbonyl (C=O) groups is 1. The molecule has 0 radical (unpaired) electrons. The third-order valence-corrected chi connectivity index (χ3v) is 4.24. The van der Waals surface area contributed by atoms with Crippen molar-refractivity contribution in [1.29, 1.82) is 0 Å². The maximum Gasteiger partial charge on any atom is 0.315 e. The van der Waals surface area contributed by atoms with Crippen LogP contribution < -0.4 is 10.6 Å². The summed E-state index contributed by atoms with van der Waals surface area (Å²) in [6, 6.07) is 0.384. The Balaban J connectivity index is 2.12. The summed E-state index contributed by atoms with van der Waals surface area (Å²) in [4.78, 5) is 11.7. The Labute approximate surface area is 114 Å². The van der Waals surface area contributed by atoms with E-state index in [0.29, 0.717) is 0 Å². The van der Waals surface area contributed by atoms with Crippen molar-refractivity contribution in [3.05, 3.63) is 0 Å². The molecular formula is C13H26N2O2S. The van der Waals surface area contributed by atoms with Crippen LogP contribution in [0.2, 0.25) is 0 Å². The third-order valence-electron chi connectivity index (χ3n) is 3.31. The van der Waals surface area contributed by atoms with E-state index in [1.165, 1.54) is 0 Å². The van der Waals surface area contributed by atoms with Gasteiger partial charge >= 0.3 is 6.03 Å². The number of urea groups is 1. The highest BCUT2D eigenvalue weighted by Gasteiger charge is 2.21. The average molecular weight is 274 g/mol. The molecule has 5 heteroatoms. The van der Waals surface area contributed by atoms with Crippen LogP contribution >= 0.6 is 11.8 Å². The summed E-state index contributed by atoms with van der Waals surface area (Å²) in [7, 11) is 0. The number of rotatable bonds is 6. The first kappa shape index (κ1) is 15.6. The number of nitrogens with one attached hydrogen (secondary N) is 2. The summed E-state index contributed by atoms with van der Waals surface area (Å²) >= 11 is 1.90. The van der Waals surface area contributed by atoms with Crippen LogP contribution in [0.25, 0.3) is 0 Å². The van der Waals surface area contributed by atoms with Gasteiger partial charge in [0, 0.05) is 12.1 Å². The van der Waals surface area contributed by atoms with Crippen LogP contribution in [0.3, 0.4) is 0 Å². The van der Waals surface area contributed by atoms with E-state index < -0.39 is 0 Å². The number of carbonyl (C=O) groups excluding carboxylic acids is 1. The molecule has 0 saturated heterocycles. The summed E-state index contributed by atoms with van der Waals surface area (Å²) < 4.78 is 0.